The maximum atomic E-state index is 12.0. The summed E-state index contributed by atoms with van der Waals surface area (Å²) in [7, 11) is -0.143. The molecule has 0 N–H and O–H groups in total. The van der Waals surface area contributed by atoms with E-state index in [0.717, 1.165) is 12.0 Å². The maximum Gasteiger partial charge on any atom is 0.283 e. The Morgan fingerprint density at radius 2 is 1.89 bits per heavy atom. The van der Waals surface area contributed by atoms with E-state index in [4.69, 9.17) is 0 Å². The second-order valence-electron chi connectivity index (χ2n) is 6.04. The van der Waals surface area contributed by atoms with Gasteiger partial charge in [-0.3, -0.25) is 0 Å². The van der Waals surface area contributed by atoms with Gasteiger partial charge < -0.3 is 4.90 Å². The van der Waals surface area contributed by atoms with Gasteiger partial charge in [0.25, 0.3) is 10.0 Å². The fourth-order valence-corrected chi connectivity index (χ4v) is 2.63. The Labute approximate surface area is 116 Å². The highest BCUT2D eigenvalue weighted by Crippen LogP contribution is 2.22. The molecule has 0 spiro atoms. The predicted octanol–water partition coefficient (Wildman–Crippen LogP) is 2.55. The number of rotatable bonds is 4. The minimum atomic E-state index is -3.61. The van der Waals surface area contributed by atoms with Gasteiger partial charge >= 0.3 is 0 Å². The number of hydrogen-bond donors (Lipinski definition) is 0. The summed E-state index contributed by atoms with van der Waals surface area (Å²) in [5.74, 6) is 0. The van der Waals surface area contributed by atoms with Gasteiger partial charge in [-0.15, -0.1) is 4.40 Å². The monoisotopic (exact) mass is 282 g/mol. The molecule has 0 heterocycles. The lowest BCUT2D eigenvalue weighted by molar-refractivity contribution is 0.411. The normalized spacial score (nSPS) is 12.9. The van der Waals surface area contributed by atoms with Crippen LogP contribution in [0.25, 0.3) is 0 Å². The highest BCUT2D eigenvalue weighted by Gasteiger charge is 2.15. The highest BCUT2D eigenvalue weighted by molar-refractivity contribution is 7.90. The molecule has 1 aromatic rings. The predicted molar refractivity (Wildman–Crippen MR) is 79.0 cm³/mol. The molecule has 106 valence electrons. The first-order valence-corrected chi connectivity index (χ1v) is 7.60. The van der Waals surface area contributed by atoms with Crippen molar-refractivity contribution in [2.45, 2.75) is 32.1 Å². The van der Waals surface area contributed by atoms with Crippen molar-refractivity contribution in [1.82, 2.24) is 4.90 Å². The molecule has 0 unspecified atom stereocenters. The maximum absolute atomic E-state index is 12.0. The van der Waals surface area contributed by atoms with Crippen molar-refractivity contribution in [2.24, 2.45) is 9.81 Å². The molecule has 1 rings (SSSR count). The van der Waals surface area contributed by atoms with E-state index in [2.05, 4.69) is 25.2 Å². The quantitative estimate of drug-likeness (QED) is 0.630. The SMILES string of the molecule is CN(C)/C=N/S(=O)(=O)c1cccc(CC(C)(C)C)c1. The molecule has 0 saturated carbocycles. The molecule has 0 bridgehead atoms. The van der Waals surface area contributed by atoms with Crippen LogP contribution in [-0.4, -0.2) is 33.8 Å². The minimum absolute atomic E-state index is 0.120. The smallest absolute Gasteiger partial charge is 0.283 e. The third kappa shape index (κ3) is 5.42. The van der Waals surface area contributed by atoms with Crippen LogP contribution in [-0.2, 0) is 16.4 Å². The summed E-state index contributed by atoms with van der Waals surface area (Å²) in [6, 6.07) is 6.99. The van der Waals surface area contributed by atoms with E-state index in [9.17, 15) is 8.42 Å². The summed E-state index contributed by atoms with van der Waals surface area (Å²) in [6.45, 7) is 6.37. The zero-order valence-electron chi connectivity index (χ0n) is 12.2. The second kappa shape index (κ2) is 5.74. The molecule has 0 radical (unpaired) electrons. The number of benzene rings is 1. The van der Waals surface area contributed by atoms with Crippen LogP contribution in [0.2, 0.25) is 0 Å². The Bertz CT molecular complexity index is 555. The number of nitrogens with zero attached hydrogens (tertiary/aromatic N) is 2. The molecule has 4 nitrogen and oxygen atoms in total. The van der Waals surface area contributed by atoms with E-state index in [0.29, 0.717) is 0 Å². The molecular weight excluding hydrogens is 260 g/mol. The summed E-state index contributed by atoms with van der Waals surface area (Å²) in [5.41, 5.74) is 1.13. The average Bonchev–Trinajstić information content (AvgIpc) is 2.24. The first-order chi connectivity index (χ1) is 8.60. The van der Waals surface area contributed by atoms with Crippen LogP contribution < -0.4 is 0 Å². The van der Waals surface area contributed by atoms with E-state index in [-0.39, 0.29) is 10.3 Å². The minimum Gasteiger partial charge on any atom is -0.368 e. The van der Waals surface area contributed by atoms with E-state index >= 15 is 0 Å². The molecule has 0 saturated heterocycles. The van der Waals surface area contributed by atoms with Gasteiger partial charge in [-0.2, -0.15) is 8.42 Å². The second-order valence-corrected chi connectivity index (χ2v) is 7.68. The van der Waals surface area contributed by atoms with Gasteiger partial charge in [0.1, 0.15) is 6.34 Å². The lowest BCUT2D eigenvalue weighted by atomic mass is 9.88. The van der Waals surface area contributed by atoms with Crippen molar-refractivity contribution in [2.75, 3.05) is 14.1 Å². The standard InChI is InChI=1S/C14H22N2O2S/c1-14(2,3)10-12-7-6-8-13(9-12)19(17,18)15-11-16(4)5/h6-9,11H,10H2,1-5H3/b15-11+. The van der Waals surface area contributed by atoms with Gasteiger partial charge in [-0.25, -0.2) is 0 Å². The van der Waals surface area contributed by atoms with Gasteiger partial charge in [-0.05, 0) is 29.5 Å². The van der Waals surface area contributed by atoms with Crippen LogP contribution in [0, 0.1) is 5.41 Å². The topological polar surface area (TPSA) is 49.7 Å². The highest BCUT2D eigenvalue weighted by atomic mass is 32.2. The molecular formula is C14H22N2O2S. The van der Waals surface area contributed by atoms with Crippen LogP contribution >= 0.6 is 0 Å². The van der Waals surface area contributed by atoms with Crippen LogP contribution in [0.4, 0.5) is 0 Å². The zero-order valence-corrected chi connectivity index (χ0v) is 13.0. The summed E-state index contributed by atoms with van der Waals surface area (Å²) < 4.78 is 27.7. The molecule has 0 aliphatic heterocycles. The van der Waals surface area contributed by atoms with Gasteiger partial charge in [0.15, 0.2) is 0 Å². The average molecular weight is 282 g/mol. The Hall–Kier alpha value is -1.36. The van der Waals surface area contributed by atoms with Crippen molar-refractivity contribution in [1.29, 1.82) is 0 Å². The Morgan fingerprint density at radius 3 is 2.42 bits per heavy atom. The first kappa shape index (κ1) is 15.7. The molecule has 0 aromatic heterocycles. The van der Waals surface area contributed by atoms with Crippen molar-refractivity contribution >= 4 is 16.4 Å². The van der Waals surface area contributed by atoms with Gasteiger partial charge in [-0.1, -0.05) is 32.9 Å². The molecule has 19 heavy (non-hydrogen) atoms. The Morgan fingerprint density at radius 1 is 1.26 bits per heavy atom. The summed E-state index contributed by atoms with van der Waals surface area (Å²) in [4.78, 5) is 1.84. The molecule has 0 aliphatic carbocycles. The first-order valence-electron chi connectivity index (χ1n) is 6.16. The zero-order chi connectivity index (χ0) is 14.7. The Kier molecular flexibility index (Phi) is 4.74. The molecule has 0 aliphatic rings. The molecule has 0 fully saturated rings. The third-order valence-electron chi connectivity index (χ3n) is 2.35. The number of hydrogen-bond acceptors (Lipinski definition) is 2. The summed E-state index contributed by atoms with van der Waals surface area (Å²) in [6.07, 6.45) is 2.12. The van der Waals surface area contributed by atoms with Crippen molar-refractivity contribution in [3.05, 3.63) is 29.8 Å². The van der Waals surface area contributed by atoms with Crippen molar-refractivity contribution in [3.8, 4) is 0 Å². The van der Waals surface area contributed by atoms with Gasteiger partial charge in [0.2, 0.25) is 0 Å². The number of sulfonamides is 1. The third-order valence-corrected chi connectivity index (χ3v) is 3.57. The van der Waals surface area contributed by atoms with E-state index in [1.807, 2.05) is 6.07 Å². The molecule has 1 aromatic carbocycles. The lowest BCUT2D eigenvalue weighted by Crippen LogP contribution is -2.11. The molecule has 0 amide bonds. The lowest BCUT2D eigenvalue weighted by Gasteiger charge is -2.18. The van der Waals surface area contributed by atoms with E-state index in [1.54, 1.807) is 37.2 Å². The van der Waals surface area contributed by atoms with Crippen molar-refractivity contribution in [3.63, 3.8) is 0 Å². The fourth-order valence-electron chi connectivity index (χ4n) is 1.65. The largest absolute Gasteiger partial charge is 0.368 e. The van der Waals surface area contributed by atoms with Crippen LogP contribution in [0.15, 0.2) is 33.6 Å². The van der Waals surface area contributed by atoms with Gasteiger partial charge in [0.05, 0.1) is 4.90 Å². The van der Waals surface area contributed by atoms with Gasteiger partial charge in [0, 0.05) is 14.1 Å². The summed E-state index contributed by atoms with van der Waals surface area (Å²) >= 11 is 0. The fraction of sp³-hybridized carbons (Fsp3) is 0.500. The van der Waals surface area contributed by atoms with E-state index in [1.165, 1.54) is 6.34 Å². The van der Waals surface area contributed by atoms with Crippen molar-refractivity contribution < 1.29 is 8.42 Å². The van der Waals surface area contributed by atoms with Crippen LogP contribution in [0.5, 0.6) is 0 Å². The van der Waals surface area contributed by atoms with Crippen LogP contribution in [0.3, 0.4) is 0 Å². The van der Waals surface area contributed by atoms with E-state index < -0.39 is 10.0 Å². The summed E-state index contributed by atoms with van der Waals surface area (Å²) in [5, 5.41) is 0. The molecule has 0 atom stereocenters. The molecule has 5 heteroatoms. The van der Waals surface area contributed by atoms with Crippen LogP contribution in [0.1, 0.15) is 26.3 Å². The Balaban J connectivity index is 3.06.